The molecule has 3 rings (SSSR count). The molecule has 1 aromatic heterocycles. The van der Waals surface area contributed by atoms with Gasteiger partial charge in [0.15, 0.2) is 5.76 Å². The quantitative estimate of drug-likeness (QED) is 0.791. The number of carbonyl (C=O) groups excluding carboxylic acids is 2. The Morgan fingerprint density at radius 2 is 1.82 bits per heavy atom. The van der Waals surface area contributed by atoms with Gasteiger partial charge in [-0.05, 0) is 49.1 Å². The van der Waals surface area contributed by atoms with Crippen LogP contribution in [0, 0.1) is 0 Å². The van der Waals surface area contributed by atoms with Crippen LogP contribution in [-0.4, -0.2) is 50.1 Å². The molecule has 0 spiro atoms. The van der Waals surface area contributed by atoms with Crippen LogP contribution in [0.1, 0.15) is 35.4 Å². The maximum atomic E-state index is 12.3. The fourth-order valence-corrected chi connectivity index (χ4v) is 3.35. The number of rotatable bonds is 7. The standard InChI is InChI=1S/C21H26N2O5/c1-26-17-12-15(13-18(14-17)27-2)5-6-20(24)22-16-7-9-23(10-8-16)21(25)19-4-3-11-28-19/h3-4,11-14,16H,5-10H2,1-2H3,(H,22,24). The van der Waals surface area contributed by atoms with Gasteiger partial charge in [-0.15, -0.1) is 0 Å². The van der Waals surface area contributed by atoms with Gasteiger partial charge in [0.2, 0.25) is 5.91 Å². The monoisotopic (exact) mass is 386 g/mol. The average Bonchev–Trinajstić information content (AvgIpc) is 3.27. The molecule has 1 N–H and O–H groups in total. The maximum Gasteiger partial charge on any atom is 0.289 e. The third-order valence-corrected chi connectivity index (χ3v) is 4.93. The van der Waals surface area contributed by atoms with E-state index in [9.17, 15) is 9.59 Å². The molecule has 1 aliphatic rings. The molecule has 1 aromatic carbocycles. The number of benzene rings is 1. The lowest BCUT2D eigenvalue weighted by atomic mass is 10.0. The van der Waals surface area contributed by atoms with Gasteiger partial charge in [0.05, 0.1) is 20.5 Å². The molecule has 28 heavy (non-hydrogen) atoms. The third-order valence-electron chi connectivity index (χ3n) is 4.93. The van der Waals surface area contributed by atoms with Crippen LogP contribution in [0.3, 0.4) is 0 Å². The Bertz CT molecular complexity index is 773. The number of furan rings is 1. The van der Waals surface area contributed by atoms with E-state index in [2.05, 4.69) is 5.32 Å². The number of hydrogen-bond acceptors (Lipinski definition) is 5. The fraction of sp³-hybridized carbons (Fsp3) is 0.429. The lowest BCUT2D eigenvalue weighted by Gasteiger charge is -2.31. The molecule has 0 saturated carbocycles. The minimum Gasteiger partial charge on any atom is -0.497 e. The number of methoxy groups -OCH3 is 2. The summed E-state index contributed by atoms with van der Waals surface area (Å²) in [6.45, 7) is 1.22. The Balaban J connectivity index is 1.44. The summed E-state index contributed by atoms with van der Waals surface area (Å²) < 4.78 is 15.7. The Kier molecular flexibility index (Phi) is 6.57. The van der Waals surface area contributed by atoms with Gasteiger partial charge in [-0.3, -0.25) is 9.59 Å². The van der Waals surface area contributed by atoms with Crippen LogP contribution < -0.4 is 14.8 Å². The smallest absolute Gasteiger partial charge is 0.289 e. The number of aryl methyl sites for hydroxylation is 1. The molecule has 7 heteroatoms. The number of likely N-dealkylation sites (tertiary alicyclic amines) is 1. The topological polar surface area (TPSA) is 81.0 Å². The molecule has 1 aliphatic heterocycles. The van der Waals surface area contributed by atoms with Crippen LogP contribution in [0.25, 0.3) is 0 Å². The second kappa shape index (κ2) is 9.30. The minimum atomic E-state index is -0.0956. The third kappa shape index (κ3) is 5.06. The summed E-state index contributed by atoms with van der Waals surface area (Å²) in [7, 11) is 3.21. The minimum absolute atomic E-state index is 0.0117. The van der Waals surface area contributed by atoms with E-state index in [1.807, 2.05) is 12.1 Å². The number of nitrogens with one attached hydrogen (secondary N) is 1. The maximum absolute atomic E-state index is 12.3. The van der Waals surface area contributed by atoms with Gasteiger partial charge in [0, 0.05) is 31.6 Å². The van der Waals surface area contributed by atoms with Crippen LogP contribution in [0.15, 0.2) is 41.0 Å². The summed E-state index contributed by atoms with van der Waals surface area (Å²) in [5.41, 5.74) is 0.991. The van der Waals surface area contributed by atoms with Crippen molar-refractivity contribution >= 4 is 11.8 Å². The molecule has 0 aliphatic carbocycles. The molecule has 2 aromatic rings. The predicted octanol–water partition coefficient (Wildman–Crippen LogP) is 2.65. The van der Waals surface area contributed by atoms with Crippen molar-refractivity contribution < 1.29 is 23.5 Å². The Morgan fingerprint density at radius 1 is 1.14 bits per heavy atom. The summed E-state index contributed by atoms with van der Waals surface area (Å²) >= 11 is 0. The number of carbonyl (C=O) groups is 2. The van der Waals surface area contributed by atoms with E-state index in [1.165, 1.54) is 6.26 Å². The van der Waals surface area contributed by atoms with Gasteiger partial charge in [-0.2, -0.15) is 0 Å². The van der Waals surface area contributed by atoms with Crippen molar-refractivity contribution in [3.8, 4) is 11.5 Å². The van der Waals surface area contributed by atoms with E-state index in [4.69, 9.17) is 13.9 Å². The first-order valence-corrected chi connectivity index (χ1v) is 9.43. The largest absolute Gasteiger partial charge is 0.497 e. The number of hydrogen-bond donors (Lipinski definition) is 1. The highest BCUT2D eigenvalue weighted by Gasteiger charge is 2.25. The van der Waals surface area contributed by atoms with Crippen molar-refractivity contribution in [2.45, 2.75) is 31.7 Å². The number of ether oxygens (including phenoxy) is 2. The molecule has 7 nitrogen and oxygen atoms in total. The van der Waals surface area contributed by atoms with Crippen LogP contribution in [0.2, 0.25) is 0 Å². The van der Waals surface area contributed by atoms with Gasteiger partial charge in [-0.25, -0.2) is 0 Å². The predicted molar refractivity (Wildman–Crippen MR) is 104 cm³/mol. The lowest BCUT2D eigenvalue weighted by molar-refractivity contribution is -0.122. The highest BCUT2D eigenvalue weighted by molar-refractivity contribution is 5.91. The second-order valence-corrected chi connectivity index (χ2v) is 6.83. The zero-order chi connectivity index (χ0) is 19.9. The molecule has 150 valence electrons. The second-order valence-electron chi connectivity index (χ2n) is 6.83. The zero-order valence-corrected chi connectivity index (χ0v) is 16.3. The van der Waals surface area contributed by atoms with E-state index in [-0.39, 0.29) is 17.9 Å². The molecular weight excluding hydrogens is 360 g/mol. The van der Waals surface area contributed by atoms with Crippen molar-refractivity contribution in [1.29, 1.82) is 0 Å². The van der Waals surface area contributed by atoms with Crippen molar-refractivity contribution in [1.82, 2.24) is 10.2 Å². The highest BCUT2D eigenvalue weighted by Crippen LogP contribution is 2.23. The summed E-state index contributed by atoms with van der Waals surface area (Å²) in [4.78, 5) is 26.4. The summed E-state index contributed by atoms with van der Waals surface area (Å²) in [5.74, 6) is 1.70. The Hall–Kier alpha value is -2.96. The molecule has 2 amide bonds. The molecule has 0 radical (unpaired) electrons. The SMILES string of the molecule is COc1cc(CCC(=O)NC2CCN(C(=O)c3ccco3)CC2)cc(OC)c1. The first kappa shape index (κ1) is 19.8. The molecule has 0 unspecified atom stereocenters. The molecule has 0 atom stereocenters. The molecule has 1 fully saturated rings. The number of nitrogens with zero attached hydrogens (tertiary/aromatic N) is 1. The van der Waals surface area contributed by atoms with E-state index in [0.29, 0.717) is 43.2 Å². The molecule has 1 saturated heterocycles. The van der Waals surface area contributed by atoms with Crippen LogP contribution in [0.4, 0.5) is 0 Å². The van der Waals surface area contributed by atoms with E-state index in [0.717, 1.165) is 18.4 Å². The average molecular weight is 386 g/mol. The normalized spacial score (nSPS) is 14.6. The Morgan fingerprint density at radius 3 is 2.39 bits per heavy atom. The van der Waals surface area contributed by atoms with Crippen LogP contribution in [-0.2, 0) is 11.2 Å². The van der Waals surface area contributed by atoms with Gasteiger partial charge >= 0.3 is 0 Å². The van der Waals surface area contributed by atoms with Crippen molar-refractivity contribution in [2.75, 3.05) is 27.3 Å². The fourth-order valence-electron chi connectivity index (χ4n) is 3.35. The van der Waals surface area contributed by atoms with Crippen molar-refractivity contribution in [3.63, 3.8) is 0 Å². The van der Waals surface area contributed by atoms with Gasteiger partial charge < -0.3 is 24.1 Å². The number of amides is 2. The van der Waals surface area contributed by atoms with Crippen LogP contribution >= 0.6 is 0 Å². The molecule has 2 heterocycles. The zero-order valence-electron chi connectivity index (χ0n) is 16.3. The van der Waals surface area contributed by atoms with Gasteiger partial charge in [0.1, 0.15) is 11.5 Å². The highest BCUT2D eigenvalue weighted by atomic mass is 16.5. The Labute approximate surface area is 164 Å². The van der Waals surface area contributed by atoms with Gasteiger partial charge in [0.25, 0.3) is 5.91 Å². The van der Waals surface area contributed by atoms with E-state index >= 15 is 0 Å². The summed E-state index contributed by atoms with van der Waals surface area (Å²) in [5, 5.41) is 3.08. The summed E-state index contributed by atoms with van der Waals surface area (Å²) in [6, 6.07) is 9.10. The van der Waals surface area contributed by atoms with Gasteiger partial charge in [-0.1, -0.05) is 0 Å². The first-order chi connectivity index (χ1) is 13.6. The van der Waals surface area contributed by atoms with E-state index < -0.39 is 0 Å². The van der Waals surface area contributed by atoms with Crippen molar-refractivity contribution in [3.05, 3.63) is 47.9 Å². The van der Waals surface area contributed by atoms with Crippen molar-refractivity contribution in [2.24, 2.45) is 0 Å². The first-order valence-electron chi connectivity index (χ1n) is 9.43. The van der Waals surface area contributed by atoms with Crippen LogP contribution in [0.5, 0.6) is 11.5 Å². The molecular formula is C21H26N2O5. The lowest BCUT2D eigenvalue weighted by Crippen LogP contribution is -2.46. The summed E-state index contributed by atoms with van der Waals surface area (Å²) in [6.07, 6.45) is 3.98. The molecule has 0 bridgehead atoms. The van der Waals surface area contributed by atoms with E-state index in [1.54, 1.807) is 37.3 Å². The number of piperidine rings is 1.